The van der Waals surface area contributed by atoms with Crippen LogP contribution < -0.4 is 4.74 Å². The van der Waals surface area contributed by atoms with Crippen molar-refractivity contribution in [1.29, 1.82) is 0 Å². The molecule has 0 aliphatic rings. The lowest BCUT2D eigenvalue weighted by molar-refractivity contribution is 0.300. The maximum Gasteiger partial charge on any atom is 0.168 e. The first-order valence-electron chi connectivity index (χ1n) is 8.21. The van der Waals surface area contributed by atoms with E-state index in [0.717, 1.165) is 12.8 Å². The lowest BCUT2D eigenvalue weighted by atomic mass is 10.0. The van der Waals surface area contributed by atoms with Gasteiger partial charge in [0.25, 0.3) is 0 Å². The van der Waals surface area contributed by atoms with E-state index in [4.69, 9.17) is 4.74 Å². The van der Waals surface area contributed by atoms with Crippen LogP contribution in [0.3, 0.4) is 0 Å². The molecule has 0 bridgehead atoms. The molecule has 21 heavy (non-hydrogen) atoms. The highest BCUT2D eigenvalue weighted by Crippen LogP contribution is 2.32. The molecular formula is C18H29FO2. The van der Waals surface area contributed by atoms with Gasteiger partial charge in [0.1, 0.15) is 5.75 Å². The van der Waals surface area contributed by atoms with Crippen molar-refractivity contribution < 1.29 is 14.2 Å². The predicted molar refractivity (Wildman–Crippen MR) is 85.6 cm³/mol. The number of phenols is 1. The van der Waals surface area contributed by atoms with Crippen LogP contribution in [0.2, 0.25) is 0 Å². The number of phenolic OH excluding ortho intramolecular Hbond substituents is 1. The lowest BCUT2D eigenvalue weighted by Gasteiger charge is -2.12. The lowest BCUT2D eigenvalue weighted by Crippen LogP contribution is -2.00. The molecule has 3 heteroatoms. The molecule has 1 aromatic rings. The van der Waals surface area contributed by atoms with E-state index in [9.17, 15) is 9.50 Å². The van der Waals surface area contributed by atoms with Crippen LogP contribution in [-0.2, 0) is 0 Å². The molecule has 0 amide bonds. The van der Waals surface area contributed by atoms with Crippen LogP contribution in [0.4, 0.5) is 4.39 Å². The quantitative estimate of drug-likeness (QED) is 0.554. The van der Waals surface area contributed by atoms with Crippen LogP contribution in [-0.4, -0.2) is 11.7 Å². The van der Waals surface area contributed by atoms with Crippen molar-refractivity contribution in [2.24, 2.45) is 0 Å². The molecule has 0 radical (unpaired) electrons. The van der Waals surface area contributed by atoms with Gasteiger partial charge in [0.15, 0.2) is 11.6 Å². The molecule has 0 spiro atoms. The molecule has 0 saturated carbocycles. The number of hydrogen-bond acceptors (Lipinski definition) is 2. The molecule has 0 aliphatic heterocycles. The Hall–Kier alpha value is -1.25. The number of unbranched alkanes of at least 4 members (excludes halogenated alkanes) is 6. The van der Waals surface area contributed by atoms with Crippen LogP contribution in [0.5, 0.6) is 11.5 Å². The molecule has 0 unspecified atom stereocenters. The van der Waals surface area contributed by atoms with Gasteiger partial charge in [0.2, 0.25) is 0 Å². The first-order chi connectivity index (χ1) is 10.1. The summed E-state index contributed by atoms with van der Waals surface area (Å²) in [6.07, 6.45) is 8.59. The maximum atomic E-state index is 13.6. The maximum absolute atomic E-state index is 13.6. The first-order valence-corrected chi connectivity index (χ1v) is 8.21. The van der Waals surface area contributed by atoms with Gasteiger partial charge in [-0.1, -0.05) is 59.3 Å². The van der Waals surface area contributed by atoms with Crippen LogP contribution in [0.1, 0.15) is 77.2 Å². The van der Waals surface area contributed by atoms with Gasteiger partial charge in [-0.2, -0.15) is 0 Å². The van der Waals surface area contributed by atoms with Crippen molar-refractivity contribution in [2.45, 2.75) is 71.6 Å². The first kappa shape index (κ1) is 17.8. The van der Waals surface area contributed by atoms with Crippen molar-refractivity contribution in [3.8, 4) is 11.5 Å². The van der Waals surface area contributed by atoms with E-state index in [1.165, 1.54) is 38.2 Å². The number of benzene rings is 1. The summed E-state index contributed by atoms with van der Waals surface area (Å²) >= 11 is 0. The minimum Gasteiger partial charge on any atom is -0.505 e. The van der Waals surface area contributed by atoms with Gasteiger partial charge in [-0.15, -0.1) is 0 Å². The highest BCUT2D eigenvalue weighted by molar-refractivity contribution is 5.42. The molecule has 0 atom stereocenters. The third kappa shape index (κ3) is 6.36. The van der Waals surface area contributed by atoms with Gasteiger partial charge in [-0.3, -0.25) is 0 Å². The molecule has 1 rings (SSSR count). The van der Waals surface area contributed by atoms with E-state index in [1.54, 1.807) is 6.07 Å². The van der Waals surface area contributed by atoms with Crippen LogP contribution in [0, 0.1) is 5.82 Å². The van der Waals surface area contributed by atoms with Gasteiger partial charge in [0.05, 0.1) is 6.61 Å². The number of ether oxygens (including phenoxy) is 1. The van der Waals surface area contributed by atoms with Gasteiger partial charge >= 0.3 is 0 Å². The molecule has 0 aromatic heterocycles. The summed E-state index contributed by atoms with van der Waals surface area (Å²) in [7, 11) is 0. The van der Waals surface area contributed by atoms with E-state index in [-0.39, 0.29) is 11.7 Å². The Morgan fingerprint density at radius 1 is 1.05 bits per heavy atom. The zero-order valence-electron chi connectivity index (χ0n) is 13.6. The molecular weight excluding hydrogens is 267 g/mol. The molecule has 1 N–H and O–H groups in total. The second-order valence-electron chi connectivity index (χ2n) is 5.97. The van der Waals surface area contributed by atoms with Crippen molar-refractivity contribution >= 4 is 0 Å². The average Bonchev–Trinajstić information content (AvgIpc) is 2.45. The van der Waals surface area contributed by atoms with E-state index >= 15 is 0 Å². The Bertz CT molecular complexity index is 416. The minimum atomic E-state index is -0.601. The van der Waals surface area contributed by atoms with Crippen molar-refractivity contribution in [3.63, 3.8) is 0 Å². The molecule has 120 valence electrons. The zero-order chi connectivity index (χ0) is 15.7. The highest BCUT2D eigenvalue weighted by Gasteiger charge is 2.13. The molecule has 0 heterocycles. The summed E-state index contributed by atoms with van der Waals surface area (Å²) in [5.74, 6) is -0.273. The summed E-state index contributed by atoms with van der Waals surface area (Å²) in [6, 6.07) is 3.01. The third-order valence-corrected chi connectivity index (χ3v) is 3.71. The number of halogens is 1. The van der Waals surface area contributed by atoms with E-state index in [2.05, 4.69) is 6.92 Å². The topological polar surface area (TPSA) is 29.5 Å². The van der Waals surface area contributed by atoms with Gasteiger partial charge < -0.3 is 9.84 Å². The number of hydrogen-bond donors (Lipinski definition) is 1. The van der Waals surface area contributed by atoms with Gasteiger partial charge in [-0.25, -0.2) is 4.39 Å². The molecule has 2 nitrogen and oxygen atoms in total. The van der Waals surface area contributed by atoms with Crippen LogP contribution in [0.15, 0.2) is 12.1 Å². The van der Waals surface area contributed by atoms with Crippen LogP contribution in [0.25, 0.3) is 0 Å². The standard InChI is InChI=1S/C18H29FO2/c1-4-5-6-7-8-9-10-11-21-15-12-16(14(2)3)18(20)17(19)13-15/h12-14,20H,4-11H2,1-3H3. The Labute approximate surface area is 128 Å². The Morgan fingerprint density at radius 2 is 1.67 bits per heavy atom. The fourth-order valence-corrected chi connectivity index (χ4v) is 2.37. The van der Waals surface area contributed by atoms with E-state index in [1.807, 2.05) is 13.8 Å². The fraction of sp³-hybridized carbons (Fsp3) is 0.667. The summed E-state index contributed by atoms with van der Waals surface area (Å²) in [5.41, 5.74) is 0.601. The monoisotopic (exact) mass is 296 g/mol. The summed E-state index contributed by atoms with van der Waals surface area (Å²) in [6.45, 7) is 6.68. The normalized spacial score (nSPS) is 11.1. The number of aromatic hydroxyl groups is 1. The summed E-state index contributed by atoms with van der Waals surface area (Å²) in [5, 5.41) is 9.67. The van der Waals surface area contributed by atoms with Crippen molar-refractivity contribution in [1.82, 2.24) is 0 Å². The molecule has 0 aliphatic carbocycles. The molecule has 1 aromatic carbocycles. The predicted octanol–water partition coefficient (Wildman–Crippen LogP) is 5.78. The second kappa shape index (κ2) is 9.64. The van der Waals surface area contributed by atoms with E-state index in [0.29, 0.717) is 17.9 Å². The van der Waals surface area contributed by atoms with Crippen LogP contribution >= 0.6 is 0 Å². The van der Waals surface area contributed by atoms with Gasteiger partial charge in [0, 0.05) is 11.6 Å². The highest BCUT2D eigenvalue weighted by atomic mass is 19.1. The largest absolute Gasteiger partial charge is 0.505 e. The Morgan fingerprint density at radius 3 is 2.29 bits per heavy atom. The Balaban J connectivity index is 2.32. The van der Waals surface area contributed by atoms with Crippen molar-refractivity contribution in [2.75, 3.05) is 6.61 Å². The Kier molecular flexibility index (Phi) is 8.17. The summed E-state index contributed by atoms with van der Waals surface area (Å²) in [4.78, 5) is 0. The van der Waals surface area contributed by atoms with E-state index < -0.39 is 5.82 Å². The number of rotatable bonds is 10. The second-order valence-corrected chi connectivity index (χ2v) is 5.97. The third-order valence-electron chi connectivity index (χ3n) is 3.71. The minimum absolute atomic E-state index is 0.0709. The van der Waals surface area contributed by atoms with Gasteiger partial charge in [-0.05, 0) is 18.4 Å². The average molecular weight is 296 g/mol. The summed E-state index contributed by atoms with van der Waals surface area (Å²) < 4.78 is 19.2. The zero-order valence-corrected chi connectivity index (χ0v) is 13.6. The molecule has 0 fully saturated rings. The fourth-order valence-electron chi connectivity index (χ4n) is 2.37. The van der Waals surface area contributed by atoms with Crippen molar-refractivity contribution in [3.05, 3.63) is 23.5 Å². The smallest absolute Gasteiger partial charge is 0.168 e. The SMILES string of the molecule is CCCCCCCCCOc1cc(F)c(O)c(C(C)C)c1. The molecule has 0 saturated heterocycles.